The van der Waals surface area contributed by atoms with Gasteiger partial charge in [0.2, 0.25) is 0 Å². The Balaban J connectivity index is 1.89. The van der Waals surface area contributed by atoms with Crippen LogP contribution in [0, 0.1) is 0 Å². The van der Waals surface area contributed by atoms with Crippen LogP contribution in [-0.2, 0) is 4.79 Å². The van der Waals surface area contributed by atoms with Crippen LogP contribution in [0.3, 0.4) is 0 Å². The molecule has 0 spiro atoms. The van der Waals surface area contributed by atoms with Crippen molar-refractivity contribution in [3.8, 4) is 0 Å². The molecule has 0 saturated heterocycles. The van der Waals surface area contributed by atoms with Gasteiger partial charge >= 0.3 is 0 Å². The van der Waals surface area contributed by atoms with Crippen LogP contribution in [0.25, 0.3) is 5.70 Å². The second-order valence-corrected chi connectivity index (χ2v) is 7.34. The number of hydrogen-bond donors (Lipinski definition) is 1. The van der Waals surface area contributed by atoms with Crippen LogP contribution in [0.1, 0.15) is 25.1 Å². The van der Waals surface area contributed by atoms with Crippen molar-refractivity contribution in [2.75, 3.05) is 5.75 Å². The SMILES string of the molecule is CCCSC1=NN2C(=c3ccccc3=NC2c2ccsc2)C(=O)N1. The molecule has 2 aliphatic heterocycles. The molecule has 0 fully saturated rings. The minimum Gasteiger partial charge on any atom is -0.298 e. The Hall–Kier alpha value is -2.12. The number of thiophene rings is 1. The van der Waals surface area contributed by atoms with Gasteiger partial charge in [0.05, 0.1) is 5.36 Å². The Morgan fingerprint density at radius 2 is 2.21 bits per heavy atom. The fourth-order valence-electron chi connectivity index (χ4n) is 2.73. The Morgan fingerprint density at radius 1 is 1.33 bits per heavy atom. The zero-order chi connectivity index (χ0) is 16.5. The molecule has 1 aromatic carbocycles. The van der Waals surface area contributed by atoms with Gasteiger partial charge in [-0.25, -0.2) is 5.01 Å². The van der Waals surface area contributed by atoms with Gasteiger partial charge in [-0.05, 0) is 29.3 Å². The molecule has 1 atom stereocenters. The molecular weight excluding hydrogens is 340 g/mol. The molecule has 0 bridgehead atoms. The summed E-state index contributed by atoms with van der Waals surface area (Å²) in [7, 11) is 0. The molecule has 1 aromatic heterocycles. The molecule has 0 aliphatic carbocycles. The number of nitrogens with zero attached hydrogens (tertiary/aromatic N) is 3. The van der Waals surface area contributed by atoms with E-state index in [9.17, 15) is 4.79 Å². The van der Waals surface area contributed by atoms with Gasteiger partial charge in [-0.2, -0.15) is 11.3 Å². The highest BCUT2D eigenvalue weighted by molar-refractivity contribution is 8.13. The highest BCUT2D eigenvalue weighted by atomic mass is 32.2. The molecule has 4 rings (SSSR count). The number of benzene rings is 1. The van der Waals surface area contributed by atoms with Gasteiger partial charge in [0.15, 0.2) is 11.3 Å². The van der Waals surface area contributed by atoms with E-state index in [1.165, 1.54) is 0 Å². The summed E-state index contributed by atoms with van der Waals surface area (Å²) in [5.41, 5.74) is 1.61. The Morgan fingerprint density at radius 3 is 3.00 bits per heavy atom. The normalized spacial score (nSPS) is 19.1. The summed E-state index contributed by atoms with van der Waals surface area (Å²) in [6.07, 6.45) is 0.724. The molecule has 2 aromatic rings. The number of amides is 1. The van der Waals surface area contributed by atoms with E-state index in [2.05, 4.69) is 22.7 Å². The number of thioether (sulfide) groups is 1. The van der Waals surface area contributed by atoms with Crippen LogP contribution in [0.5, 0.6) is 0 Å². The van der Waals surface area contributed by atoms with Crippen LogP contribution in [0.2, 0.25) is 0 Å². The van der Waals surface area contributed by atoms with Crippen molar-refractivity contribution in [3.63, 3.8) is 0 Å². The van der Waals surface area contributed by atoms with E-state index < -0.39 is 0 Å². The number of hydrogen-bond acceptors (Lipinski definition) is 6. The summed E-state index contributed by atoms with van der Waals surface area (Å²) in [4.78, 5) is 17.6. The second kappa shape index (κ2) is 6.41. The first kappa shape index (κ1) is 15.4. The number of fused-ring (bicyclic) bond motifs is 2. The van der Waals surface area contributed by atoms with Crippen LogP contribution in [0.4, 0.5) is 0 Å². The molecule has 0 saturated carbocycles. The summed E-state index contributed by atoms with van der Waals surface area (Å²) >= 11 is 3.18. The molecule has 122 valence electrons. The molecule has 1 amide bonds. The number of carbonyl (C=O) groups excluding carboxylic acids is 1. The zero-order valence-electron chi connectivity index (χ0n) is 13.1. The van der Waals surface area contributed by atoms with Crippen molar-refractivity contribution in [2.45, 2.75) is 19.5 Å². The van der Waals surface area contributed by atoms with E-state index >= 15 is 0 Å². The van der Waals surface area contributed by atoms with Gasteiger partial charge in [-0.1, -0.05) is 36.9 Å². The first-order chi connectivity index (χ1) is 11.8. The van der Waals surface area contributed by atoms with Crippen molar-refractivity contribution in [1.29, 1.82) is 0 Å². The first-order valence-electron chi connectivity index (χ1n) is 7.79. The molecular formula is C17H16N4OS2. The number of carbonyl (C=O) groups is 1. The van der Waals surface area contributed by atoms with E-state index in [4.69, 9.17) is 4.99 Å². The fraction of sp³-hybridized carbons (Fsp3) is 0.235. The number of hydrazone groups is 1. The third kappa shape index (κ3) is 2.63. The topological polar surface area (TPSA) is 57.1 Å². The maximum absolute atomic E-state index is 12.8. The Kier molecular flexibility index (Phi) is 4.12. The van der Waals surface area contributed by atoms with Gasteiger partial charge in [0, 0.05) is 16.5 Å². The van der Waals surface area contributed by atoms with Gasteiger partial charge < -0.3 is 0 Å². The predicted octanol–water partition coefficient (Wildman–Crippen LogP) is 2.03. The predicted molar refractivity (Wildman–Crippen MR) is 97.9 cm³/mol. The van der Waals surface area contributed by atoms with Crippen molar-refractivity contribution in [2.24, 2.45) is 10.1 Å². The van der Waals surface area contributed by atoms with Crippen molar-refractivity contribution in [1.82, 2.24) is 10.3 Å². The monoisotopic (exact) mass is 356 g/mol. The molecule has 3 heterocycles. The third-order valence-corrected chi connectivity index (χ3v) is 5.57. The Bertz CT molecular complexity index is 920. The summed E-state index contributed by atoms with van der Waals surface area (Å²) in [6, 6.07) is 9.76. The molecule has 2 aliphatic rings. The van der Waals surface area contributed by atoms with Crippen molar-refractivity contribution in [3.05, 3.63) is 57.2 Å². The van der Waals surface area contributed by atoms with Gasteiger partial charge in [-0.3, -0.25) is 15.1 Å². The molecule has 24 heavy (non-hydrogen) atoms. The lowest BCUT2D eigenvalue weighted by Crippen LogP contribution is -2.50. The highest BCUT2D eigenvalue weighted by Gasteiger charge is 2.34. The number of rotatable bonds is 3. The molecule has 5 nitrogen and oxygen atoms in total. The summed E-state index contributed by atoms with van der Waals surface area (Å²) in [6.45, 7) is 2.11. The average molecular weight is 356 g/mol. The molecule has 1 unspecified atom stereocenters. The van der Waals surface area contributed by atoms with Crippen molar-refractivity contribution >= 4 is 39.9 Å². The van der Waals surface area contributed by atoms with Crippen LogP contribution < -0.4 is 15.9 Å². The van der Waals surface area contributed by atoms with Crippen LogP contribution in [-0.4, -0.2) is 21.8 Å². The molecule has 7 heteroatoms. The number of amidine groups is 1. The molecule has 0 radical (unpaired) electrons. The van der Waals surface area contributed by atoms with E-state index in [0.717, 1.165) is 28.3 Å². The van der Waals surface area contributed by atoms with Crippen LogP contribution >= 0.6 is 23.1 Å². The van der Waals surface area contributed by atoms with Crippen LogP contribution in [0.15, 0.2) is 51.2 Å². The lowest BCUT2D eigenvalue weighted by atomic mass is 10.1. The average Bonchev–Trinajstić information content (AvgIpc) is 3.13. The third-order valence-electron chi connectivity index (χ3n) is 3.80. The van der Waals surface area contributed by atoms with Gasteiger partial charge in [-0.15, -0.1) is 5.10 Å². The van der Waals surface area contributed by atoms with E-state index in [-0.39, 0.29) is 12.1 Å². The lowest BCUT2D eigenvalue weighted by molar-refractivity contribution is -0.116. The maximum Gasteiger partial charge on any atom is 0.276 e. The minimum absolute atomic E-state index is 0.119. The highest BCUT2D eigenvalue weighted by Crippen LogP contribution is 2.31. The largest absolute Gasteiger partial charge is 0.298 e. The van der Waals surface area contributed by atoms with Gasteiger partial charge in [0.25, 0.3) is 5.91 Å². The van der Waals surface area contributed by atoms with Crippen molar-refractivity contribution < 1.29 is 4.79 Å². The Labute approximate surface area is 147 Å². The quantitative estimate of drug-likeness (QED) is 0.916. The van der Waals surface area contributed by atoms with E-state index in [0.29, 0.717) is 10.9 Å². The van der Waals surface area contributed by atoms with Gasteiger partial charge in [0.1, 0.15) is 5.70 Å². The summed E-state index contributed by atoms with van der Waals surface area (Å²) in [5.74, 6) is 0.797. The molecule has 1 N–H and O–H groups in total. The second-order valence-electron chi connectivity index (χ2n) is 5.48. The maximum atomic E-state index is 12.8. The zero-order valence-corrected chi connectivity index (χ0v) is 14.7. The lowest BCUT2D eigenvalue weighted by Gasteiger charge is -2.33. The smallest absolute Gasteiger partial charge is 0.276 e. The minimum atomic E-state index is -0.301. The number of nitrogens with one attached hydrogen (secondary N) is 1. The summed E-state index contributed by atoms with van der Waals surface area (Å²) < 4.78 is 0. The standard InChI is InChI=1S/C17H16N4OS2/c1-2-8-24-17-19-16(22)14-12-5-3-4-6-13(12)18-15(21(14)20-17)11-7-9-23-10-11/h3-7,9-10,15H,2,8H2,1H3,(H,19,20,22). The summed E-state index contributed by atoms with van der Waals surface area (Å²) in [5, 5.41) is 15.7. The fourth-order valence-corrected chi connectivity index (χ4v) is 4.11. The number of para-hydroxylation sites is 1. The first-order valence-corrected chi connectivity index (χ1v) is 9.72. The van der Waals surface area contributed by atoms with E-state index in [1.807, 2.05) is 35.7 Å². The van der Waals surface area contributed by atoms with E-state index in [1.54, 1.807) is 28.1 Å².